The average Bonchev–Trinajstić information content (AvgIpc) is 3.41. The van der Waals surface area contributed by atoms with E-state index in [0.717, 1.165) is 24.1 Å². The number of ether oxygens (including phenoxy) is 1. The van der Waals surface area contributed by atoms with Gasteiger partial charge in [-0.1, -0.05) is 12.8 Å². The molecule has 1 N–H and O–H groups in total. The average molecular weight is 383 g/mol. The standard InChI is InChI=1S/C20H25N5O3/c1-13-8-22-24(10-13)12-18(26)21-9-14-7-16-17(23-19(14)28-2)11-25(20(16)27)15-5-3-4-6-15/h7-8,10,15H,3-6,9,11-12H2,1-2H3,(H,21,26). The van der Waals surface area contributed by atoms with E-state index in [4.69, 9.17) is 4.74 Å². The van der Waals surface area contributed by atoms with Crippen LogP contribution in [0.15, 0.2) is 18.5 Å². The Morgan fingerprint density at radius 1 is 1.36 bits per heavy atom. The van der Waals surface area contributed by atoms with Gasteiger partial charge in [0.1, 0.15) is 6.54 Å². The van der Waals surface area contributed by atoms with Crippen molar-refractivity contribution in [2.45, 2.75) is 58.3 Å². The third-order valence-corrected chi connectivity index (χ3v) is 5.45. The molecule has 4 rings (SSSR count). The van der Waals surface area contributed by atoms with E-state index in [9.17, 15) is 9.59 Å². The van der Waals surface area contributed by atoms with Crippen molar-refractivity contribution in [2.24, 2.45) is 0 Å². The van der Waals surface area contributed by atoms with Crippen LogP contribution in [0.5, 0.6) is 5.88 Å². The zero-order valence-electron chi connectivity index (χ0n) is 16.3. The minimum Gasteiger partial charge on any atom is -0.481 e. The number of amides is 2. The maximum atomic E-state index is 12.9. The summed E-state index contributed by atoms with van der Waals surface area (Å²) in [6.45, 7) is 2.86. The largest absolute Gasteiger partial charge is 0.481 e. The summed E-state index contributed by atoms with van der Waals surface area (Å²) in [4.78, 5) is 31.6. The molecule has 1 aliphatic heterocycles. The summed E-state index contributed by atoms with van der Waals surface area (Å²) < 4.78 is 7.00. The maximum Gasteiger partial charge on any atom is 0.256 e. The van der Waals surface area contributed by atoms with E-state index in [-0.39, 0.29) is 24.9 Å². The van der Waals surface area contributed by atoms with E-state index in [1.165, 1.54) is 12.8 Å². The van der Waals surface area contributed by atoms with Crippen LogP contribution in [0, 0.1) is 6.92 Å². The first-order chi connectivity index (χ1) is 13.5. The molecule has 0 saturated heterocycles. The molecule has 1 fully saturated rings. The molecule has 0 bridgehead atoms. The van der Waals surface area contributed by atoms with Gasteiger partial charge in [0.05, 0.1) is 31.1 Å². The van der Waals surface area contributed by atoms with E-state index in [2.05, 4.69) is 15.4 Å². The summed E-state index contributed by atoms with van der Waals surface area (Å²) in [6.07, 6.45) is 8.00. The van der Waals surface area contributed by atoms with Gasteiger partial charge in [0.2, 0.25) is 11.8 Å². The second-order valence-corrected chi connectivity index (χ2v) is 7.51. The molecule has 8 heteroatoms. The lowest BCUT2D eigenvalue weighted by molar-refractivity contribution is -0.122. The highest BCUT2D eigenvalue weighted by Gasteiger charge is 2.35. The molecule has 0 atom stereocenters. The van der Waals surface area contributed by atoms with E-state index >= 15 is 0 Å². The zero-order valence-corrected chi connectivity index (χ0v) is 16.3. The maximum absolute atomic E-state index is 12.9. The van der Waals surface area contributed by atoms with Crippen LogP contribution in [0.2, 0.25) is 0 Å². The first-order valence-electron chi connectivity index (χ1n) is 9.68. The number of nitrogens with zero attached hydrogens (tertiary/aromatic N) is 4. The minimum atomic E-state index is -0.162. The highest BCUT2D eigenvalue weighted by Crippen LogP contribution is 2.33. The molecule has 2 aliphatic rings. The summed E-state index contributed by atoms with van der Waals surface area (Å²) in [6, 6.07) is 2.13. The molecule has 2 amide bonds. The number of aromatic nitrogens is 3. The topological polar surface area (TPSA) is 89.3 Å². The van der Waals surface area contributed by atoms with Gasteiger partial charge < -0.3 is 15.0 Å². The van der Waals surface area contributed by atoms with Crippen molar-refractivity contribution in [2.75, 3.05) is 7.11 Å². The number of aryl methyl sites for hydroxylation is 1. The molecule has 0 unspecified atom stereocenters. The zero-order chi connectivity index (χ0) is 19.7. The number of nitrogens with one attached hydrogen (secondary N) is 1. The number of carbonyl (C=O) groups excluding carboxylic acids is 2. The van der Waals surface area contributed by atoms with Crippen molar-refractivity contribution in [1.82, 2.24) is 25.0 Å². The number of fused-ring (bicyclic) bond motifs is 1. The normalized spacial score (nSPS) is 16.5. The van der Waals surface area contributed by atoms with E-state index in [0.29, 0.717) is 29.6 Å². The van der Waals surface area contributed by atoms with Gasteiger partial charge in [0, 0.05) is 24.3 Å². The predicted molar refractivity (Wildman–Crippen MR) is 102 cm³/mol. The molecule has 148 valence electrons. The third kappa shape index (κ3) is 3.58. The van der Waals surface area contributed by atoms with Crippen LogP contribution < -0.4 is 10.1 Å². The van der Waals surface area contributed by atoms with Gasteiger partial charge in [-0.3, -0.25) is 14.3 Å². The van der Waals surface area contributed by atoms with Gasteiger partial charge in [-0.2, -0.15) is 5.10 Å². The Labute approximate surface area is 163 Å². The van der Waals surface area contributed by atoms with Crippen LogP contribution in [-0.4, -0.2) is 44.6 Å². The van der Waals surface area contributed by atoms with E-state index in [1.807, 2.05) is 24.1 Å². The fourth-order valence-corrected chi connectivity index (χ4v) is 4.03. The molecular weight excluding hydrogens is 358 g/mol. The van der Waals surface area contributed by atoms with Gasteiger partial charge in [-0.05, 0) is 31.4 Å². The number of pyridine rings is 1. The molecule has 3 heterocycles. The van der Waals surface area contributed by atoms with Crippen LogP contribution in [0.3, 0.4) is 0 Å². The van der Waals surface area contributed by atoms with Crippen LogP contribution in [0.4, 0.5) is 0 Å². The summed E-state index contributed by atoms with van der Waals surface area (Å²) in [5.41, 5.74) is 3.09. The van der Waals surface area contributed by atoms with Crippen LogP contribution in [0.25, 0.3) is 0 Å². The lowest BCUT2D eigenvalue weighted by Crippen LogP contribution is -2.33. The van der Waals surface area contributed by atoms with Crippen molar-refractivity contribution in [1.29, 1.82) is 0 Å². The Morgan fingerprint density at radius 2 is 2.14 bits per heavy atom. The van der Waals surface area contributed by atoms with E-state index in [1.54, 1.807) is 18.0 Å². The first-order valence-corrected chi connectivity index (χ1v) is 9.68. The van der Waals surface area contributed by atoms with Crippen LogP contribution >= 0.6 is 0 Å². The first kappa shape index (κ1) is 18.5. The van der Waals surface area contributed by atoms with Crippen LogP contribution in [0.1, 0.15) is 52.9 Å². The molecule has 0 spiro atoms. The monoisotopic (exact) mass is 383 g/mol. The fourth-order valence-electron chi connectivity index (χ4n) is 4.03. The van der Waals surface area contributed by atoms with Crippen molar-refractivity contribution in [3.05, 3.63) is 40.8 Å². The quantitative estimate of drug-likeness (QED) is 0.822. The fraction of sp³-hybridized carbons (Fsp3) is 0.500. The molecule has 0 radical (unpaired) electrons. The van der Waals surface area contributed by atoms with Crippen molar-refractivity contribution in [3.63, 3.8) is 0 Å². The number of methoxy groups -OCH3 is 1. The Morgan fingerprint density at radius 3 is 2.82 bits per heavy atom. The van der Waals surface area contributed by atoms with Crippen LogP contribution in [-0.2, 0) is 24.4 Å². The molecule has 2 aromatic heterocycles. The minimum absolute atomic E-state index is 0.0386. The Kier molecular flexibility index (Phi) is 5.02. The van der Waals surface area contributed by atoms with Crippen molar-refractivity contribution in [3.8, 4) is 5.88 Å². The Balaban J connectivity index is 1.46. The van der Waals surface area contributed by atoms with Gasteiger partial charge in [-0.15, -0.1) is 0 Å². The predicted octanol–water partition coefficient (Wildman–Crippen LogP) is 1.81. The third-order valence-electron chi connectivity index (χ3n) is 5.45. The highest BCUT2D eigenvalue weighted by atomic mass is 16.5. The number of hydrogen-bond acceptors (Lipinski definition) is 5. The molecule has 8 nitrogen and oxygen atoms in total. The van der Waals surface area contributed by atoms with Crippen molar-refractivity contribution >= 4 is 11.8 Å². The lowest BCUT2D eigenvalue weighted by atomic mass is 10.1. The number of rotatable bonds is 6. The summed E-state index contributed by atoms with van der Waals surface area (Å²) in [5, 5.41) is 6.98. The number of hydrogen-bond donors (Lipinski definition) is 1. The van der Waals surface area contributed by atoms with E-state index < -0.39 is 0 Å². The molecule has 0 aromatic carbocycles. The molecule has 2 aromatic rings. The van der Waals surface area contributed by atoms with Crippen molar-refractivity contribution < 1.29 is 14.3 Å². The molecule has 1 aliphatic carbocycles. The summed E-state index contributed by atoms with van der Waals surface area (Å²) in [5.74, 6) is 0.330. The van der Waals surface area contributed by atoms with Gasteiger partial charge in [0.25, 0.3) is 5.91 Å². The Hall–Kier alpha value is -2.90. The lowest BCUT2D eigenvalue weighted by Gasteiger charge is -2.22. The molecule has 1 saturated carbocycles. The smallest absolute Gasteiger partial charge is 0.256 e. The highest BCUT2D eigenvalue weighted by molar-refractivity contribution is 5.98. The summed E-state index contributed by atoms with van der Waals surface area (Å²) in [7, 11) is 1.55. The summed E-state index contributed by atoms with van der Waals surface area (Å²) >= 11 is 0. The van der Waals surface area contributed by atoms with Gasteiger partial charge in [-0.25, -0.2) is 4.98 Å². The molecular formula is C20H25N5O3. The SMILES string of the molecule is COc1nc2c(cc1CNC(=O)Cn1cc(C)cn1)C(=O)N(C1CCCC1)C2. The number of carbonyl (C=O) groups is 2. The molecule has 28 heavy (non-hydrogen) atoms. The second kappa shape index (κ2) is 7.61. The van der Waals surface area contributed by atoms with Gasteiger partial charge in [0.15, 0.2) is 0 Å². The second-order valence-electron chi connectivity index (χ2n) is 7.51. The Bertz CT molecular complexity index is 901. The van der Waals surface area contributed by atoms with Gasteiger partial charge >= 0.3 is 0 Å².